The Morgan fingerprint density at radius 1 is 1.11 bits per heavy atom. The number of hydrogen-bond acceptors (Lipinski definition) is 5. The van der Waals surface area contributed by atoms with Crippen molar-refractivity contribution in [3.8, 4) is 11.3 Å². The number of carbonyl (C=O) groups is 1. The van der Waals surface area contributed by atoms with Crippen molar-refractivity contribution < 1.29 is 14.1 Å². The zero-order valence-electron chi connectivity index (χ0n) is 13.6. The van der Waals surface area contributed by atoms with Crippen LogP contribution in [0.1, 0.15) is 16.1 Å². The number of nitro benzene ring substituents is 1. The summed E-state index contributed by atoms with van der Waals surface area (Å²) in [5, 5.41) is 15.3. The summed E-state index contributed by atoms with van der Waals surface area (Å²) in [7, 11) is 0. The lowest BCUT2D eigenvalue weighted by Crippen LogP contribution is -2.17. The summed E-state index contributed by atoms with van der Waals surface area (Å²) in [5.74, 6) is 0.393. The molecule has 0 aliphatic carbocycles. The Kier molecular flexibility index (Phi) is 5.54. The van der Waals surface area contributed by atoms with Gasteiger partial charge in [-0.15, -0.1) is 0 Å². The third-order valence-corrected chi connectivity index (χ3v) is 4.08. The molecule has 0 atom stereocenters. The van der Waals surface area contributed by atoms with Crippen molar-refractivity contribution in [2.45, 2.75) is 0 Å². The molecule has 1 heterocycles. The van der Waals surface area contributed by atoms with Gasteiger partial charge in [0.15, 0.2) is 0 Å². The van der Waals surface area contributed by atoms with Gasteiger partial charge in [-0.1, -0.05) is 23.2 Å². The van der Waals surface area contributed by atoms with Crippen LogP contribution in [0.25, 0.3) is 11.3 Å². The third kappa shape index (κ3) is 4.52. The fourth-order valence-electron chi connectivity index (χ4n) is 2.20. The Bertz CT molecular complexity index is 1030. The summed E-state index contributed by atoms with van der Waals surface area (Å²) in [6, 6.07) is 13.7. The number of hydrogen-bond donors (Lipinski definition) is 1. The lowest BCUT2D eigenvalue weighted by Gasteiger charge is -2.00. The van der Waals surface area contributed by atoms with Crippen molar-refractivity contribution in [1.29, 1.82) is 0 Å². The quantitative estimate of drug-likeness (QED) is 0.371. The minimum absolute atomic E-state index is 0.109. The lowest BCUT2D eigenvalue weighted by molar-refractivity contribution is -0.384. The molecule has 0 aliphatic heterocycles. The summed E-state index contributed by atoms with van der Waals surface area (Å²) >= 11 is 11.8. The fourth-order valence-corrected chi connectivity index (χ4v) is 2.60. The molecule has 0 radical (unpaired) electrons. The highest BCUT2D eigenvalue weighted by Gasteiger charge is 2.13. The van der Waals surface area contributed by atoms with E-state index in [4.69, 9.17) is 27.6 Å². The fraction of sp³-hybridized carbons (Fsp3) is 0. The molecular formula is C18H11Cl2N3O4. The highest BCUT2D eigenvalue weighted by Crippen LogP contribution is 2.32. The van der Waals surface area contributed by atoms with E-state index in [1.807, 2.05) is 0 Å². The van der Waals surface area contributed by atoms with Crippen molar-refractivity contribution in [1.82, 2.24) is 5.43 Å². The highest BCUT2D eigenvalue weighted by atomic mass is 35.5. The zero-order chi connectivity index (χ0) is 19.4. The second kappa shape index (κ2) is 8.03. The number of nitrogens with zero attached hydrogens (tertiary/aromatic N) is 2. The normalized spacial score (nSPS) is 10.9. The van der Waals surface area contributed by atoms with E-state index >= 15 is 0 Å². The van der Waals surface area contributed by atoms with Crippen LogP contribution in [0.15, 0.2) is 64.1 Å². The van der Waals surface area contributed by atoms with E-state index < -0.39 is 10.8 Å². The number of hydrazone groups is 1. The first-order valence-corrected chi connectivity index (χ1v) is 8.33. The van der Waals surface area contributed by atoms with Gasteiger partial charge in [0.2, 0.25) is 0 Å². The van der Waals surface area contributed by atoms with Crippen molar-refractivity contribution in [2.75, 3.05) is 0 Å². The van der Waals surface area contributed by atoms with Crippen LogP contribution in [0, 0.1) is 10.1 Å². The van der Waals surface area contributed by atoms with Gasteiger partial charge in [-0.25, -0.2) is 5.43 Å². The number of furan rings is 1. The minimum atomic E-state index is -0.529. The first-order chi connectivity index (χ1) is 12.9. The van der Waals surface area contributed by atoms with Crippen molar-refractivity contribution in [2.24, 2.45) is 5.10 Å². The molecular weight excluding hydrogens is 393 g/mol. The lowest BCUT2D eigenvalue weighted by atomic mass is 10.1. The van der Waals surface area contributed by atoms with Crippen LogP contribution in [0.3, 0.4) is 0 Å². The van der Waals surface area contributed by atoms with E-state index in [0.29, 0.717) is 27.7 Å². The minimum Gasteiger partial charge on any atom is -0.455 e. The first kappa shape index (κ1) is 18.6. The molecule has 0 fully saturated rings. The topological polar surface area (TPSA) is 97.7 Å². The van der Waals surface area contributed by atoms with Crippen molar-refractivity contribution in [3.63, 3.8) is 0 Å². The Labute approximate surface area is 163 Å². The Balaban J connectivity index is 1.69. The van der Waals surface area contributed by atoms with E-state index in [1.54, 1.807) is 36.4 Å². The van der Waals surface area contributed by atoms with Crippen LogP contribution in [-0.2, 0) is 0 Å². The summed E-state index contributed by atoms with van der Waals surface area (Å²) in [6.45, 7) is 0. The molecule has 1 amide bonds. The van der Waals surface area contributed by atoms with E-state index in [-0.39, 0.29) is 10.7 Å². The van der Waals surface area contributed by atoms with Gasteiger partial charge in [-0.3, -0.25) is 14.9 Å². The van der Waals surface area contributed by atoms with Gasteiger partial charge in [-0.2, -0.15) is 5.10 Å². The van der Waals surface area contributed by atoms with Gasteiger partial charge in [0.05, 0.1) is 16.2 Å². The van der Waals surface area contributed by atoms with Gasteiger partial charge in [0, 0.05) is 28.3 Å². The van der Waals surface area contributed by atoms with E-state index in [9.17, 15) is 14.9 Å². The van der Waals surface area contributed by atoms with Crippen LogP contribution in [0.2, 0.25) is 10.0 Å². The van der Waals surface area contributed by atoms with Crippen LogP contribution >= 0.6 is 23.2 Å². The molecule has 3 aromatic rings. The molecule has 136 valence electrons. The summed E-state index contributed by atoms with van der Waals surface area (Å²) < 4.78 is 5.58. The monoisotopic (exact) mass is 403 g/mol. The molecule has 0 aliphatic rings. The molecule has 9 heteroatoms. The van der Waals surface area contributed by atoms with E-state index in [1.165, 1.54) is 24.4 Å². The maximum Gasteiger partial charge on any atom is 0.271 e. The number of benzene rings is 2. The number of non-ortho nitro benzene ring substituents is 1. The third-order valence-electron chi connectivity index (χ3n) is 3.52. The van der Waals surface area contributed by atoms with Crippen LogP contribution in [-0.4, -0.2) is 17.0 Å². The van der Waals surface area contributed by atoms with Gasteiger partial charge in [0.25, 0.3) is 11.6 Å². The second-order valence-electron chi connectivity index (χ2n) is 5.33. The summed E-state index contributed by atoms with van der Waals surface area (Å²) in [4.78, 5) is 22.2. The number of nitrogens with one attached hydrogen (secondary N) is 1. The zero-order valence-corrected chi connectivity index (χ0v) is 15.1. The average Bonchev–Trinajstić information content (AvgIpc) is 3.10. The van der Waals surface area contributed by atoms with Gasteiger partial charge in [-0.05, 0) is 42.5 Å². The number of rotatable bonds is 5. The molecule has 7 nitrogen and oxygen atoms in total. The Hall–Kier alpha value is -3.16. The summed E-state index contributed by atoms with van der Waals surface area (Å²) in [5.41, 5.74) is 3.18. The van der Waals surface area contributed by atoms with Gasteiger partial charge >= 0.3 is 0 Å². The van der Waals surface area contributed by atoms with Gasteiger partial charge < -0.3 is 4.42 Å². The molecule has 27 heavy (non-hydrogen) atoms. The van der Waals surface area contributed by atoms with E-state index in [2.05, 4.69) is 10.5 Å². The maximum absolute atomic E-state index is 11.9. The maximum atomic E-state index is 11.9. The highest BCUT2D eigenvalue weighted by molar-refractivity contribution is 6.33. The van der Waals surface area contributed by atoms with Crippen LogP contribution in [0.5, 0.6) is 0 Å². The smallest absolute Gasteiger partial charge is 0.271 e. The molecule has 3 rings (SSSR count). The Morgan fingerprint density at radius 3 is 2.52 bits per heavy atom. The number of halogens is 2. The average molecular weight is 404 g/mol. The molecule has 0 saturated heterocycles. The molecule has 0 bridgehead atoms. The second-order valence-corrected chi connectivity index (χ2v) is 6.17. The number of carbonyl (C=O) groups excluding carboxylic acids is 1. The molecule has 0 saturated carbocycles. The molecule has 0 unspecified atom stereocenters. The number of nitro groups is 1. The Morgan fingerprint density at radius 2 is 1.85 bits per heavy atom. The first-order valence-electron chi connectivity index (χ1n) is 7.57. The standard InChI is InChI=1S/C18H11Cl2N3O4/c19-12-3-1-11(2-4-12)18(24)22-21-10-14-6-8-17(27-14)15-7-5-13(23(25)26)9-16(15)20/h1-10H,(H,22,24)/b21-10-. The predicted octanol–water partition coefficient (Wildman–Crippen LogP) is 4.93. The predicted molar refractivity (Wildman–Crippen MR) is 102 cm³/mol. The van der Waals surface area contributed by atoms with Crippen LogP contribution < -0.4 is 5.43 Å². The largest absolute Gasteiger partial charge is 0.455 e. The van der Waals surface area contributed by atoms with Crippen LogP contribution in [0.4, 0.5) is 5.69 Å². The molecule has 0 spiro atoms. The van der Waals surface area contributed by atoms with Gasteiger partial charge in [0.1, 0.15) is 11.5 Å². The molecule has 2 aromatic carbocycles. The molecule has 1 N–H and O–H groups in total. The van der Waals surface area contributed by atoms with Crippen molar-refractivity contribution in [3.05, 3.63) is 86.1 Å². The summed E-state index contributed by atoms with van der Waals surface area (Å²) in [6.07, 6.45) is 1.33. The number of amides is 1. The molecule has 1 aromatic heterocycles. The SMILES string of the molecule is O=C(N/N=C\c1ccc(-c2ccc([N+](=O)[O-])cc2Cl)o1)c1ccc(Cl)cc1. The van der Waals surface area contributed by atoms with Crippen molar-refractivity contribution >= 4 is 41.0 Å². The van der Waals surface area contributed by atoms with E-state index in [0.717, 1.165) is 0 Å².